The Kier molecular flexibility index (Phi) is 4.35. The van der Waals surface area contributed by atoms with Crippen LogP contribution in [-0.2, 0) is 14.3 Å². The molecule has 0 amide bonds. The van der Waals surface area contributed by atoms with Gasteiger partial charge in [0.1, 0.15) is 5.78 Å². The molecule has 5 aliphatic rings. The Morgan fingerprint density at radius 2 is 1.52 bits per heavy atom. The van der Waals surface area contributed by atoms with Crippen molar-refractivity contribution in [2.75, 3.05) is 13.2 Å². The summed E-state index contributed by atoms with van der Waals surface area (Å²) in [5.41, 5.74) is 0.899. The van der Waals surface area contributed by atoms with Crippen LogP contribution in [0.25, 0.3) is 0 Å². The second kappa shape index (κ2) is 6.05. The fourth-order valence-electron chi connectivity index (χ4n) is 6.71. The Labute approximate surface area is 153 Å². The van der Waals surface area contributed by atoms with Gasteiger partial charge in [-0.1, -0.05) is 27.7 Å². The highest BCUT2D eigenvalue weighted by Gasteiger charge is 2.57. The van der Waals surface area contributed by atoms with Gasteiger partial charge in [-0.3, -0.25) is 4.79 Å². The molecule has 25 heavy (non-hydrogen) atoms. The molecule has 3 heteroatoms. The van der Waals surface area contributed by atoms with E-state index in [9.17, 15) is 4.79 Å². The number of fused-ring (bicyclic) bond motifs is 4. The highest BCUT2D eigenvalue weighted by Crippen LogP contribution is 2.59. The molecule has 142 valence electrons. The van der Waals surface area contributed by atoms with Gasteiger partial charge < -0.3 is 9.47 Å². The maximum Gasteiger partial charge on any atom is 0.171 e. The summed E-state index contributed by atoms with van der Waals surface area (Å²) < 4.78 is 11.8. The summed E-state index contributed by atoms with van der Waals surface area (Å²) in [4.78, 5) is 11.5. The van der Waals surface area contributed by atoms with Crippen LogP contribution in [0.2, 0.25) is 0 Å². The lowest BCUT2D eigenvalue weighted by molar-refractivity contribution is -0.233. The first-order chi connectivity index (χ1) is 11.7. The van der Waals surface area contributed by atoms with E-state index in [1.807, 2.05) is 0 Å². The topological polar surface area (TPSA) is 35.5 Å². The van der Waals surface area contributed by atoms with Gasteiger partial charge in [0, 0.05) is 24.7 Å². The SMILES string of the molecule is CC1C(=O)CC2(C)CCC1C2.CC1C2CCC(C)(C2)CC12OCCO2. The summed E-state index contributed by atoms with van der Waals surface area (Å²) >= 11 is 0. The van der Waals surface area contributed by atoms with Gasteiger partial charge in [-0.2, -0.15) is 0 Å². The lowest BCUT2D eigenvalue weighted by Crippen LogP contribution is -2.47. The van der Waals surface area contributed by atoms with E-state index in [4.69, 9.17) is 9.47 Å². The number of hydrogen-bond acceptors (Lipinski definition) is 3. The van der Waals surface area contributed by atoms with Gasteiger partial charge in [-0.05, 0) is 61.2 Å². The van der Waals surface area contributed by atoms with Crippen LogP contribution < -0.4 is 0 Å². The van der Waals surface area contributed by atoms with Crippen molar-refractivity contribution < 1.29 is 14.3 Å². The zero-order valence-corrected chi connectivity index (χ0v) is 16.6. The van der Waals surface area contributed by atoms with Crippen molar-refractivity contribution >= 4 is 5.78 Å². The van der Waals surface area contributed by atoms with Crippen LogP contribution in [0.4, 0.5) is 0 Å². The smallest absolute Gasteiger partial charge is 0.171 e. The van der Waals surface area contributed by atoms with Crippen molar-refractivity contribution in [1.82, 2.24) is 0 Å². The predicted octanol–water partition coefficient (Wildman–Crippen LogP) is 4.98. The van der Waals surface area contributed by atoms with Gasteiger partial charge in [0.2, 0.25) is 0 Å². The summed E-state index contributed by atoms with van der Waals surface area (Å²) in [6.07, 6.45) is 10.0. The molecular formula is C22H36O3. The predicted molar refractivity (Wildman–Crippen MR) is 98.1 cm³/mol. The number of carbonyl (C=O) groups is 1. The molecule has 4 bridgehead atoms. The fourth-order valence-corrected chi connectivity index (χ4v) is 6.71. The highest BCUT2D eigenvalue weighted by atomic mass is 16.7. The summed E-state index contributed by atoms with van der Waals surface area (Å²) in [7, 11) is 0. The van der Waals surface area contributed by atoms with Crippen LogP contribution in [-0.4, -0.2) is 24.8 Å². The first-order valence-corrected chi connectivity index (χ1v) is 10.5. The van der Waals surface area contributed by atoms with Crippen molar-refractivity contribution in [2.24, 2.45) is 34.5 Å². The van der Waals surface area contributed by atoms with Crippen molar-refractivity contribution in [3.63, 3.8) is 0 Å². The van der Waals surface area contributed by atoms with E-state index in [0.29, 0.717) is 28.4 Å². The molecule has 0 aromatic heterocycles. The Hall–Kier alpha value is -0.410. The molecule has 1 saturated heterocycles. The minimum absolute atomic E-state index is 0.200. The van der Waals surface area contributed by atoms with Crippen LogP contribution in [0.3, 0.4) is 0 Å². The van der Waals surface area contributed by atoms with Crippen molar-refractivity contribution in [1.29, 1.82) is 0 Å². The lowest BCUT2D eigenvalue weighted by Gasteiger charge is -2.45. The van der Waals surface area contributed by atoms with Gasteiger partial charge in [0.25, 0.3) is 0 Å². The van der Waals surface area contributed by atoms with Crippen LogP contribution in [0, 0.1) is 34.5 Å². The maximum atomic E-state index is 11.5. The van der Waals surface area contributed by atoms with E-state index in [1.165, 1.54) is 38.5 Å². The number of Topliss-reactive ketones (excluding diaryl/α,β-unsaturated/α-hetero) is 1. The number of rotatable bonds is 0. The van der Waals surface area contributed by atoms with Crippen molar-refractivity contribution in [3.8, 4) is 0 Å². The molecule has 1 heterocycles. The minimum atomic E-state index is -0.200. The second-order valence-corrected chi connectivity index (χ2v) is 10.5. The molecule has 1 spiro atoms. The molecule has 5 rings (SSSR count). The summed E-state index contributed by atoms with van der Waals surface area (Å²) in [6.45, 7) is 10.7. The van der Waals surface area contributed by atoms with Crippen molar-refractivity contribution in [3.05, 3.63) is 0 Å². The average Bonchev–Trinajstić information content (AvgIpc) is 3.23. The number of ether oxygens (including phenoxy) is 2. The van der Waals surface area contributed by atoms with Gasteiger partial charge in [-0.15, -0.1) is 0 Å². The number of ketones is 1. The zero-order valence-electron chi connectivity index (χ0n) is 16.6. The standard InChI is InChI=1S/C12H20O2.C10H16O/c1-9-10-3-4-11(2,7-10)8-12(9)13-5-6-14-12;1-7-8-3-4-10(2,5-8)6-9(7)11/h9-10H,3-8H2,1-2H3;7-8H,3-6H2,1-2H3. The molecule has 1 aliphatic heterocycles. The Balaban J connectivity index is 0.000000129. The molecule has 4 saturated carbocycles. The molecule has 0 N–H and O–H groups in total. The largest absolute Gasteiger partial charge is 0.347 e. The van der Waals surface area contributed by atoms with E-state index in [-0.39, 0.29) is 5.79 Å². The molecule has 6 atom stereocenters. The molecule has 0 radical (unpaired) electrons. The van der Waals surface area contributed by atoms with Gasteiger partial charge >= 0.3 is 0 Å². The van der Waals surface area contributed by atoms with Crippen molar-refractivity contribution in [2.45, 2.75) is 84.8 Å². The van der Waals surface area contributed by atoms with Gasteiger partial charge in [-0.25, -0.2) is 0 Å². The van der Waals surface area contributed by atoms with E-state index < -0.39 is 0 Å². The first-order valence-electron chi connectivity index (χ1n) is 10.5. The van der Waals surface area contributed by atoms with E-state index in [2.05, 4.69) is 27.7 Å². The molecule has 3 nitrogen and oxygen atoms in total. The maximum absolute atomic E-state index is 11.5. The summed E-state index contributed by atoms with van der Waals surface area (Å²) in [5.74, 6) is 2.84. The molecule has 5 fully saturated rings. The third kappa shape index (κ3) is 3.10. The third-order valence-corrected chi connectivity index (χ3v) is 8.41. The Morgan fingerprint density at radius 3 is 2.24 bits per heavy atom. The molecule has 4 aliphatic carbocycles. The van der Waals surface area contributed by atoms with E-state index in [0.717, 1.165) is 37.9 Å². The van der Waals surface area contributed by atoms with E-state index >= 15 is 0 Å². The monoisotopic (exact) mass is 348 g/mol. The molecular weight excluding hydrogens is 312 g/mol. The minimum Gasteiger partial charge on any atom is -0.347 e. The molecule has 0 aromatic rings. The average molecular weight is 349 g/mol. The molecule has 0 aromatic carbocycles. The molecule has 6 unspecified atom stereocenters. The zero-order chi connectivity index (χ0) is 17.9. The number of carbonyl (C=O) groups excluding carboxylic acids is 1. The number of hydrogen-bond donors (Lipinski definition) is 0. The first kappa shape index (κ1) is 18.0. The van der Waals surface area contributed by atoms with Crippen LogP contribution in [0.15, 0.2) is 0 Å². The quantitative estimate of drug-likeness (QED) is 0.619. The summed E-state index contributed by atoms with van der Waals surface area (Å²) in [6, 6.07) is 0. The Bertz CT molecular complexity index is 537. The fraction of sp³-hybridized carbons (Fsp3) is 0.955. The normalized spacial score (nSPS) is 50.0. The van der Waals surface area contributed by atoms with Crippen LogP contribution in [0.5, 0.6) is 0 Å². The third-order valence-electron chi connectivity index (χ3n) is 8.41. The summed E-state index contributed by atoms with van der Waals surface area (Å²) in [5, 5.41) is 0. The van der Waals surface area contributed by atoms with Crippen LogP contribution >= 0.6 is 0 Å². The van der Waals surface area contributed by atoms with Gasteiger partial charge in [0.05, 0.1) is 13.2 Å². The highest BCUT2D eigenvalue weighted by molar-refractivity contribution is 5.82. The Morgan fingerprint density at radius 1 is 0.920 bits per heavy atom. The van der Waals surface area contributed by atoms with Crippen LogP contribution in [0.1, 0.15) is 79.1 Å². The van der Waals surface area contributed by atoms with Gasteiger partial charge in [0.15, 0.2) is 5.79 Å². The second-order valence-electron chi connectivity index (χ2n) is 10.5. The van der Waals surface area contributed by atoms with E-state index in [1.54, 1.807) is 0 Å². The lowest BCUT2D eigenvalue weighted by atomic mass is 9.69.